The molecule has 0 aromatic heterocycles. The van der Waals surface area contributed by atoms with Gasteiger partial charge in [-0.05, 0) is 50.3 Å². The predicted molar refractivity (Wildman–Crippen MR) is 70.1 cm³/mol. The summed E-state index contributed by atoms with van der Waals surface area (Å²) in [6.45, 7) is 6.13. The molecule has 3 heteroatoms. The highest BCUT2D eigenvalue weighted by molar-refractivity contribution is 5.88. The SMILES string of the molecule is COC(=O)C1(c2c(C)cc(C)c(C)c2OC)CC1. The molecule has 1 fully saturated rings. The molecule has 0 bridgehead atoms. The van der Waals surface area contributed by atoms with Crippen LogP contribution in [0.2, 0.25) is 0 Å². The molecule has 1 aromatic carbocycles. The Labute approximate surface area is 108 Å². The van der Waals surface area contributed by atoms with Gasteiger partial charge in [-0.25, -0.2) is 0 Å². The second kappa shape index (κ2) is 4.30. The Bertz CT molecular complexity index is 499. The third-order valence-corrected chi connectivity index (χ3v) is 4.00. The van der Waals surface area contributed by atoms with Crippen LogP contribution in [-0.2, 0) is 14.9 Å². The molecule has 0 unspecified atom stereocenters. The number of ether oxygens (including phenoxy) is 2. The Hall–Kier alpha value is -1.51. The van der Waals surface area contributed by atoms with Crippen LogP contribution in [0.1, 0.15) is 35.1 Å². The van der Waals surface area contributed by atoms with E-state index in [-0.39, 0.29) is 5.97 Å². The molecule has 3 nitrogen and oxygen atoms in total. The first-order chi connectivity index (χ1) is 8.47. The van der Waals surface area contributed by atoms with E-state index in [4.69, 9.17) is 9.47 Å². The molecule has 0 radical (unpaired) electrons. The Morgan fingerprint density at radius 2 is 1.78 bits per heavy atom. The molecular weight excluding hydrogens is 228 g/mol. The first-order valence-electron chi connectivity index (χ1n) is 6.21. The molecular formula is C15H20O3. The van der Waals surface area contributed by atoms with Crippen LogP contribution in [0.5, 0.6) is 5.75 Å². The number of aryl methyl sites for hydroxylation is 2. The van der Waals surface area contributed by atoms with E-state index < -0.39 is 5.41 Å². The highest BCUT2D eigenvalue weighted by Crippen LogP contribution is 2.54. The third kappa shape index (κ3) is 1.69. The van der Waals surface area contributed by atoms with Crippen LogP contribution < -0.4 is 4.74 Å². The van der Waals surface area contributed by atoms with Crippen molar-refractivity contribution in [3.8, 4) is 5.75 Å². The number of carbonyl (C=O) groups excluding carboxylic acids is 1. The average molecular weight is 248 g/mol. The summed E-state index contributed by atoms with van der Waals surface area (Å²) in [5.41, 5.74) is 3.95. The predicted octanol–water partition coefficient (Wildman–Crippen LogP) is 2.83. The van der Waals surface area contributed by atoms with Gasteiger partial charge in [-0.2, -0.15) is 0 Å². The first kappa shape index (κ1) is 12.9. The minimum atomic E-state index is -0.470. The number of rotatable bonds is 3. The summed E-state index contributed by atoms with van der Waals surface area (Å²) >= 11 is 0. The number of hydrogen-bond donors (Lipinski definition) is 0. The lowest BCUT2D eigenvalue weighted by Gasteiger charge is -2.22. The van der Waals surface area contributed by atoms with Gasteiger partial charge in [0.05, 0.1) is 19.6 Å². The van der Waals surface area contributed by atoms with E-state index in [1.54, 1.807) is 7.11 Å². The summed E-state index contributed by atoms with van der Waals surface area (Å²) < 4.78 is 10.5. The molecule has 0 heterocycles. The number of carbonyl (C=O) groups is 1. The van der Waals surface area contributed by atoms with Crippen LogP contribution in [0.3, 0.4) is 0 Å². The number of esters is 1. The first-order valence-corrected chi connectivity index (χ1v) is 6.21. The molecule has 1 aliphatic carbocycles. The van der Waals surface area contributed by atoms with Crippen molar-refractivity contribution in [2.75, 3.05) is 14.2 Å². The molecule has 0 spiro atoms. The van der Waals surface area contributed by atoms with Crippen molar-refractivity contribution in [1.82, 2.24) is 0 Å². The number of benzene rings is 1. The minimum absolute atomic E-state index is 0.146. The van der Waals surface area contributed by atoms with Crippen LogP contribution in [0.25, 0.3) is 0 Å². The summed E-state index contributed by atoms with van der Waals surface area (Å²) in [6.07, 6.45) is 1.69. The van der Waals surface area contributed by atoms with E-state index in [9.17, 15) is 4.79 Å². The van der Waals surface area contributed by atoms with Crippen molar-refractivity contribution in [3.05, 3.63) is 28.3 Å². The summed E-state index contributed by atoms with van der Waals surface area (Å²) in [6, 6.07) is 2.12. The molecule has 0 N–H and O–H groups in total. The molecule has 1 aliphatic rings. The molecule has 0 amide bonds. The lowest BCUT2D eigenvalue weighted by atomic mass is 9.87. The van der Waals surface area contributed by atoms with Gasteiger partial charge >= 0.3 is 5.97 Å². The van der Waals surface area contributed by atoms with Crippen LogP contribution in [0.4, 0.5) is 0 Å². The molecule has 1 aromatic rings. The normalized spacial score (nSPS) is 16.3. The third-order valence-electron chi connectivity index (χ3n) is 4.00. The minimum Gasteiger partial charge on any atom is -0.496 e. The zero-order valence-corrected chi connectivity index (χ0v) is 11.7. The van der Waals surface area contributed by atoms with Crippen molar-refractivity contribution < 1.29 is 14.3 Å². The van der Waals surface area contributed by atoms with Crippen molar-refractivity contribution in [1.29, 1.82) is 0 Å². The standard InChI is InChI=1S/C15H20O3/c1-9-8-10(2)12(13(17-4)11(9)3)15(6-7-15)14(16)18-5/h8H,6-7H2,1-5H3. The Balaban J connectivity index is 2.65. The molecule has 18 heavy (non-hydrogen) atoms. The molecule has 98 valence electrons. The van der Waals surface area contributed by atoms with Gasteiger partial charge in [0, 0.05) is 5.56 Å². The van der Waals surface area contributed by atoms with Crippen molar-refractivity contribution in [3.63, 3.8) is 0 Å². The van der Waals surface area contributed by atoms with Crippen molar-refractivity contribution >= 4 is 5.97 Å². The van der Waals surface area contributed by atoms with Gasteiger partial charge in [-0.15, -0.1) is 0 Å². The fourth-order valence-electron chi connectivity index (χ4n) is 2.78. The smallest absolute Gasteiger partial charge is 0.316 e. The summed E-state index contributed by atoms with van der Waals surface area (Å²) in [7, 11) is 3.11. The summed E-state index contributed by atoms with van der Waals surface area (Å²) in [5.74, 6) is 0.697. The highest BCUT2D eigenvalue weighted by Gasteiger charge is 2.55. The van der Waals surface area contributed by atoms with Gasteiger partial charge in [-0.1, -0.05) is 6.07 Å². The van der Waals surface area contributed by atoms with Crippen molar-refractivity contribution in [2.45, 2.75) is 39.0 Å². The van der Waals surface area contributed by atoms with E-state index >= 15 is 0 Å². The lowest BCUT2D eigenvalue weighted by Crippen LogP contribution is -2.24. The topological polar surface area (TPSA) is 35.5 Å². The summed E-state index contributed by atoms with van der Waals surface area (Å²) in [5, 5.41) is 0. The number of methoxy groups -OCH3 is 2. The highest BCUT2D eigenvalue weighted by atomic mass is 16.5. The monoisotopic (exact) mass is 248 g/mol. The fourth-order valence-corrected chi connectivity index (χ4v) is 2.78. The number of hydrogen-bond acceptors (Lipinski definition) is 3. The van der Waals surface area contributed by atoms with Gasteiger partial charge in [0.2, 0.25) is 0 Å². The van der Waals surface area contributed by atoms with Crippen LogP contribution >= 0.6 is 0 Å². The fraction of sp³-hybridized carbons (Fsp3) is 0.533. The van der Waals surface area contributed by atoms with E-state index in [1.165, 1.54) is 12.7 Å². The maximum Gasteiger partial charge on any atom is 0.316 e. The quantitative estimate of drug-likeness (QED) is 0.772. The van der Waals surface area contributed by atoms with E-state index in [1.807, 2.05) is 13.8 Å². The Morgan fingerprint density at radius 3 is 2.22 bits per heavy atom. The largest absolute Gasteiger partial charge is 0.496 e. The zero-order chi connectivity index (χ0) is 13.5. The Morgan fingerprint density at radius 1 is 1.17 bits per heavy atom. The van der Waals surface area contributed by atoms with Crippen molar-refractivity contribution in [2.24, 2.45) is 0 Å². The van der Waals surface area contributed by atoms with Gasteiger partial charge < -0.3 is 9.47 Å². The van der Waals surface area contributed by atoms with Crippen LogP contribution in [0, 0.1) is 20.8 Å². The Kier molecular flexibility index (Phi) is 3.09. The lowest BCUT2D eigenvalue weighted by molar-refractivity contribution is -0.143. The van der Waals surface area contributed by atoms with Gasteiger partial charge in [0.25, 0.3) is 0 Å². The molecule has 0 aliphatic heterocycles. The second-order valence-corrected chi connectivity index (χ2v) is 5.12. The van der Waals surface area contributed by atoms with E-state index in [0.717, 1.165) is 35.3 Å². The maximum absolute atomic E-state index is 12.0. The van der Waals surface area contributed by atoms with Gasteiger partial charge in [0.1, 0.15) is 5.75 Å². The van der Waals surface area contributed by atoms with Crippen LogP contribution in [-0.4, -0.2) is 20.2 Å². The average Bonchev–Trinajstić information content (AvgIpc) is 3.13. The van der Waals surface area contributed by atoms with E-state index in [0.29, 0.717) is 0 Å². The van der Waals surface area contributed by atoms with Gasteiger partial charge in [0.15, 0.2) is 0 Å². The maximum atomic E-state index is 12.0. The molecule has 1 saturated carbocycles. The van der Waals surface area contributed by atoms with Crippen LogP contribution in [0.15, 0.2) is 6.07 Å². The second-order valence-electron chi connectivity index (χ2n) is 5.12. The molecule has 0 atom stereocenters. The zero-order valence-electron chi connectivity index (χ0n) is 11.7. The van der Waals surface area contributed by atoms with Gasteiger partial charge in [-0.3, -0.25) is 4.79 Å². The summed E-state index contributed by atoms with van der Waals surface area (Å²) in [4.78, 5) is 12.0. The molecule has 2 rings (SSSR count). The van der Waals surface area contributed by atoms with E-state index in [2.05, 4.69) is 13.0 Å². The molecule has 0 saturated heterocycles.